The summed E-state index contributed by atoms with van der Waals surface area (Å²) in [5, 5.41) is 16.1. The van der Waals surface area contributed by atoms with Crippen LogP contribution >= 0.6 is 0 Å². The molecule has 0 saturated heterocycles. The predicted octanol–water partition coefficient (Wildman–Crippen LogP) is 0.639. The fourth-order valence-corrected chi connectivity index (χ4v) is 1.53. The number of benzene rings is 1. The highest BCUT2D eigenvalue weighted by Crippen LogP contribution is 2.14. The van der Waals surface area contributed by atoms with Crippen LogP contribution in [-0.2, 0) is 11.3 Å². The number of nitrogens with zero attached hydrogens (tertiary/aromatic N) is 4. The van der Waals surface area contributed by atoms with Crippen molar-refractivity contribution in [3.8, 4) is 0 Å². The first-order valence-electron chi connectivity index (χ1n) is 5.52. The molecule has 0 saturated carbocycles. The smallest absolute Gasteiger partial charge is 0.335 e. The monoisotopic (exact) mass is 260 g/mol. The van der Waals surface area contributed by atoms with Crippen LogP contribution in [0.4, 0.5) is 5.69 Å². The van der Waals surface area contributed by atoms with E-state index in [1.807, 2.05) is 0 Å². The average Bonchev–Trinajstić information content (AvgIpc) is 2.90. The fraction of sp³-hybridized carbons (Fsp3) is 0.167. The summed E-state index contributed by atoms with van der Waals surface area (Å²) in [5.41, 5.74) is 0.802. The first kappa shape index (κ1) is 12.7. The third-order valence-electron chi connectivity index (χ3n) is 2.64. The lowest BCUT2D eigenvalue weighted by Crippen LogP contribution is -2.30. The van der Waals surface area contributed by atoms with Crippen molar-refractivity contribution >= 4 is 17.6 Å². The lowest BCUT2D eigenvalue weighted by molar-refractivity contribution is -0.119. The van der Waals surface area contributed by atoms with Gasteiger partial charge < -0.3 is 10.0 Å². The number of carbonyl (C=O) groups is 2. The van der Waals surface area contributed by atoms with Gasteiger partial charge >= 0.3 is 5.97 Å². The molecule has 0 atom stereocenters. The number of anilines is 1. The first-order chi connectivity index (χ1) is 9.08. The fourth-order valence-electron chi connectivity index (χ4n) is 1.53. The van der Waals surface area contributed by atoms with Gasteiger partial charge in [0.15, 0.2) is 0 Å². The van der Waals surface area contributed by atoms with Crippen molar-refractivity contribution in [1.82, 2.24) is 15.0 Å². The number of aromatic carboxylic acids is 1. The molecule has 2 rings (SSSR count). The zero-order valence-electron chi connectivity index (χ0n) is 10.2. The van der Waals surface area contributed by atoms with Crippen LogP contribution in [0.3, 0.4) is 0 Å². The maximum absolute atomic E-state index is 12.0. The lowest BCUT2D eigenvalue weighted by Gasteiger charge is -2.17. The highest BCUT2D eigenvalue weighted by atomic mass is 16.4. The highest BCUT2D eigenvalue weighted by Gasteiger charge is 2.12. The van der Waals surface area contributed by atoms with E-state index >= 15 is 0 Å². The van der Waals surface area contributed by atoms with E-state index in [0.717, 1.165) is 0 Å². The van der Waals surface area contributed by atoms with Crippen molar-refractivity contribution in [2.24, 2.45) is 0 Å². The quantitative estimate of drug-likeness (QED) is 0.871. The number of amides is 1. The van der Waals surface area contributed by atoms with E-state index in [-0.39, 0.29) is 18.0 Å². The Bertz CT molecular complexity index is 578. The molecule has 19 heavy (non-hydrogen) atoms. The predicted molar refractivity (Wildman–Crippen MR) is 66.8 cm³/mol. The second-order valence-electron chi connectivity index (χ2n) is 3.91. The van der Waals surface area contributed by atoms with Crippen molar-refractivity contribution in [3.63, 3.8) is 0 Å². The van der Waals surface area contributed by atoms with Gasteiger partial charge in [0.2, 0.25) is 5.91 Å². The molecular weight excluding hydrogens is 248 g/mol. The molecule has 0 fully saturated rings. The molecule has 0 aliphatic heterocycles. The summed E-state index contributed by atoms with van der Waals surface area (Å²) in [6, 6.07) is 6.08. The maximum atomic E-state index is 12.0. The Labute approximate surface area is 109 Å². The van der Waals surface area contributed by atoms with Gasteiger partial charge in [0.1, 0.15) is 6.54 Å². The third kappa shape index (κ3) is 2.95. The number of hydrogen-bond donors (Lipinski definition) is 1. The van der Waals surface area contributed by atoms with Gasteiger partial charge in [-0.05, 0) is 24.3 Å². The topological polar surface area (TPSA) is 88.3 Å². The van der Waals surface area contributed by atoms with E-state index < -0.39 is 5.97 Å². The van der Waals surface area contributed by atoms with Crippen LogP contribution in [0, 0.1) is 0 Å². The number of carboxylic acids is 1. The van der Waals surface area contributed by atoms with Crippen LogP contribution in [0.15, 0.2) is 36.7 Å². The van der Waals surface area contributed by atoms with Crippen LogP contribution in [0.5, 0.6) is 0 Å². The molecule has 0 spiro atoms. The van der Waals surface area contributed by atoms with Gasteiger partial charge in [-0.15, -0.1) is 5.10 Å². The molecule has 1 N–H and O–H groups in total. The van der Waals surface area contributed by atoms with Gasteiger partial charge in [0.05, 0.1) is 11.8 Å². The minimum absolute atomic E-state index is 0.0805. The molecule has 7 heteroatoms. The van der Waals surface area contributed by atoms with Gasteiger partial charge in [-0.25, -0.2) is 9.48 Å². The van der Waals surface area contributed by atoms with E-state index in [9.17, 15) is 9.59 Å². The second-order valence-corrected chi connectivity index (χ2v) is 3.91. The molecule has 1 aromatic carbocycles. The highest BCUT2D eigenvalue weighted by molar-refractivity contribution is 5.93. The zero-order valence-corrected chi connectivity index (χ0v) is 10.2. The van der Waals surface area contributed by atoms with E-state index in [1.165, 1.54) is 27.9 Å². The Morgan fingerprint density at radius 2 is 2.00 bits per heavy atom. The van der Waals surface area contributed by atoms with Gasteiger partial charge in [-0.1, -0.05) is 5.21 Å². The minimum Gasteiger partial charge on any atom is -0.478 e. The molecule has 2 aromatic rings. The Balaban J connectivity index is 2.08. The van der Waals surface area contributed by atoms with E-state index in [1.54, 1.807) is 25.4 Å². The van der Waals surface area contributed by atoms with E-state index in [2.05, 4.69) is 10.3 Å². The number of carbonyl (C=O) groups excluding carboxylic acids is 1. The van der Waals surface area contributed by atoms with Crippen LogP contribution < -0.4 is 4.90 Å². The number of carboxylic acid groups (broad SMARTS) is 1. The molecule has 1 amide bonds. The third-order valence-corrected chi connectivity index (χ3v) is 2.64. The maximum Gasteiger partial charge on any atom is 0.335 e. The summed E-state index contributed by atoms with van der Waals surface area (Å²) in [7, 11) is 1.62. The average molecular weight is 260 g/mol. The van der Waals surface area contributed by atoms with Crippen LogP contribution in [0.2, 0.25) is 0 Å². The molecule has 0 radical (unpaired) electrons. The number of rotatable bonds is 4. The second kappa shape index (κ2) is 5.30. The zero-order chi connectivity index (χ0) is 13.8. The van der Waals surface area contributed by atoms with Crippen molar-refractivity contribution in [2.75, 3.05) is 11.9 Å². The largest absolute Gasteiger partial charge is 0.478 e. The summed E-state index contributed by atoms with van der Waals surface area (Å²) < 4.78 is 1.42. The Morgan fingerprint density at radius 1 is 1.32 bits per heavy atom. The summed E-state index contributed by atoms with van der Waals surface area (Å²) >= 11 is 0. The van der Waals surface area contributed by atoms with Crippen LogP contribution in [-0.4, -0.2) is 39.0 Å². The molecule has 0 aliphatic carbocycles. The van der Waals surface area contributed by atoms with Gasteiger partial charge in [0.25, 0.3) is 0 Å². The van der Waals surface area contributed by atoms with E-state index in [0.29, 0.717) is 5.69 Å². The van der Waals surface area contributed by atoms with Crippen molar-refractivity contribution in [1.29, 1.82) is 0 Å². The van der Waals surface area contributed by atoms with Crippen molar-refractivity contribution in [3.05, 3.63) is 42.2 Å². The Morgan fingerprint density at radius 3 is 2.53 bits per heavy atom. The number of likely N-dealkylation sites (N-methyl/N-ethyl adjacent to an activating group) is 1. The SMILES string of the molecule is CN(C(=O)Cn1ccnn1)c1ccc(C(=O)O)cc1. The molecule has 0 aliphatic rings. The molecular formula is C12H12N4O3. The normalized spacial score (nSPS) is 10.2. The Hall–Kier alpha value is -2.70. The lowest BCUT2D eigenvalue weighted by atomic mass is 10.2. The molecule has 1 aromatic heterocycles. The molecule has 1 heterocycles. The van der Waals surface area contributed by atoms with E-state index in [4.69, 9.17) is 5.11 Å². The van der Waals surface area contributed by atoms with Crippen LogP contribution in [0.1, 0.15) is 10.4 Å². The van der Waals surface area contributed by atoms with Gasteiger partial charge in [0, 0.05) is 18.9 Å². The Kier molecular flexibility index (Phi) is 3.56. The van der Waals surface area contributed by atoms with Crippen molar-refractivity contribution < 1.29 is 14.7 Å². The molecule has 98 valence electrons. The molecule has 0 bridgehead atoms. The first-order valence-corrected chi connectivity index (χ1v) is 5.52. The summed E-state index contributed by atoms with van der Waals surface area (Å²) in [6.07, 6.45) is 3.09. The standard InChI is InChI=1S/C12H12N4O3/c1-15(11(17)8-16-7-6-13-14-16)10-4-2-9(3-5-10)12(18)19/h2-7H,8H2,1H3,(H,18,19). The van der Waals surface area contributed by atoms with Crippen molar-refractivity contribution in [2.45, 2.75) is 6.54 Å². The molecule has 7 nitrogen and oxygen atoms in total. The summed E-state index contributed by atoms with van der Waals surface area (Å²) in [5.74, 6) is -1.17. The number of aromatic nitrogens is 3. The van der Waals surface area contributed by atoms with Crippen LogP contribution in [0.25, 0.3) is 0 Å². The molecule has 0 unspecified atom stereocenters. The van der Waals surface area contributed by atoms with Gasteiger partial charge in [-0.3, -0.25) is 4.79 Å². The minimum atomic E-state index is -0.997. The number of hydrogen-bond acceptors (Lipinski definition) is 4. The summed E-state index contributed by atoms with van der Waals surface area (Å²) in [4.78, 5) is 24.1. The van der Waals surface area contributed by atoms with Gasteiger partial charge in [-0.2, -0.15) is 0 Å². The summed E-state index contributed by atoms with van der Waals surface area (Å²) in [6.45, 7) is 0.0805.